The summed E-state index contributed by atoms with van der Waals surface area (Å²) in [6.45, 7) is 14.0. The number of aromatic nitrogens is 2. The van der Waals surface area contributed by atoms with Crippen molar-refractivity contribution in [3.05, 3.63) is 18.2 Å². The first-order valence-corrected chi connectivity index (χ1v) is 18.2. The predicted molar refractivity (Wildman–Crippen MR) is 201 cm³/mol. The van der Waals surface area contributed by atoms with Crippen LogP contribution in [-0.2, 0) is 40.0 Å². The van der Waals surface area contributed by atoms with Crippen LogP contribution in [0.15, 0.2) is 17.5 Å². The van der Waals surface area contributed by atoms with E-state index in [0.717, 1.165) is 0 Å². The Bertz CT molecular complexity index is 1430. The van der Waals surface area contributed by atoms with Crippen LogP contribution in [-0.4, -0.2) is 105 Å². The first-order valence-electron chi connectivity index (χ1n) is 18.2. The van der Waals surface area contributed by atoms with E-state index in [0.29, 0.717) is 5.69 Å². The molecule has 304 valence electrons. The zero-order valence-corrected chi connectivity index (χ0v) is 32.7. The number of nitrogens with zero attached hydrogens (tertiary/aromatic N) is 2. The Morgan fingerprint density at radius 1 is 0.685 bits per heavy atom. The molecule has 1 aromatic rings. The molecular formula is C35H61N11O8. The van der Waals surface area contributed by atoms with Gasteiger partial charge in [-0.3, -0.25) is 33.8 Å². The van der Waals surface area contributed by atoms with Crippen LogP contribution >= 0.6 is 0 Å². The molecule has 0 spiro atoms. The number of carboxylic acids is 1. The van der Waals surface area contributed by atoms with Gasteiger partial charge in [0, 0.05) is 31.8 Å². The van der Waals surface area contributed by atoms with Crippen molar-refractivity contribution >= 4 is 47.4 Å². The minimum Gasteiger partial charge on any atom is -0.480 e. The van der Waals surface area contributed by atoms with Gasteiger partial charge in [0.05, 0.1) is 6.33 Å². The lowest BCUT2D eigenvalue weighted by Crippen LogP contribution is -2.59. The van der Waals surface area contributed by atoms with Crippen molar-refractivity contribution in [2.45, 2.75) is 130 Å². The SMILES string of the molecule is CC(=O)N[C@@H](Cc1cnc[nH]1)C(=O)N[C@@H](CC(C)C)C(=O)N[C@@H](CC(C)C)C(=O)N[C@@H](CC(C)C)C(=O)N[C@@H](C)C(=O)N[C@@H](CCCN=C(N)N)C(=O)O. The van der Waals surface area contributed by atoms with Gasteiger partial charge in [-0.15, -0.1) is 0 Å². The van der Waals surface area contributed by atoms with Crippen molar-refractivity contribution in [1.82, 2.24) is 41.9 Å². The van der Waals surface area contributed by atoms with Crippen LogP contribution in [0.2, 0.25) is 0 Å². The molecule has 0 saturated heterocycles. The van der Waals surface area contributed by atoms with Gasteiger partial charge in [0.2, 0.25) is 35.4 Å². The van der Waals surface area contributed by atoms with Crippen LogP contribution < -0.4 is 43.4 Å². The number of nitrogens with two attached hydrogens (primary N) is 2. The molecule has 0 aliphatic carbocycles. The van der Waals surface area contributed by atoms with Gasteiger partial charge >= 0.3 is 5.97 Å². The number of hydrogen-bond donors (Lipinski definition) is 10. The molecule has 54 heavy (non-hydrogen) atoms. The fourth-order valence-corrected chi connectivity index (χ4v) is 5.43. The van der Waals surface area contributed by atoms with Crippen molar-refractivity contribution in [1.29, 1.82) is 0 Å². The molecule has 0 unspecified atom stereocenters. The second-order valence-electron chi connectivity index (χ2n) is 14.7. The highest BCUT2D eigenvalue weighted by molar-refractivity contribution is 5.96. The second kappa shape index (κ2) is 23.4. The van der Waals surface area contributed by atoms with Gasteiger partial charge in [-0.1, -0.05) is 41.5 Å². The van der Waals surface area contributed by atoms with E-state index < -0.39 is 77.7 Å². The zero-order chi connectivity index (χ0) is 41.1. The number of imidazole rings is 1. The lowest BCUT2D eigenvalue weighted by atomic mass is 9.98. The van der Waals surface area contributed by atoms with Crippen molar-refractivity contribution in [3.63, 3.8) is 0 Å². The van der Waals surface area contributed by atoms with E-state index in [1.165, 1.54) is 26.4 Å². The number of H-pyrrole nitrogens is 1. The minimum atomic E-state index is -1.27. The lowest BCUT2D eigenvalue weighted by molar-refractivity contribution is -0.142. The molecule has 0 saturated carbocycles. The maximum atomic E-state index is 13.8. The van der Waals surface area contributed by atoms with Gasteiger partial charge in [0.1, 0.15) is 36.3 Å². The van der Waals surface area contributed by atoms with Gasteiger partial charge in [-0.2, -0.15) is 0 Å². The number of aliphatic imine (C=N–C) groups is 1. The second-order valence-corrected chi connectivity index (χ2v) is 14.7. The molecule has 0 aliphatic rings. The van der Waals surface area contributed by atoms with E-state index in [1.807, 2.05) is 41.5 Å². The average Bonchev–Trinajstić information content (AvgIpc) is 3.56. The van der Waals surface area contributed by atoms with Crippen LogP contribution in [0, 0.1) is 17.8 Å². The van der Waals surface area contributed by atoms with Crippen molar-refractivity contribution in [2.75, 3.05) is 6.54 Å². The van der Waals surface area contributed by atoms with Crippen LogP contribution in [0.1, 0.15) is 93.2 Å². The number of aliphatic carboxylic acids is 1. The number of carbonyl (C=O) groups excluding carboxylic acids is 6. The topological polar surface area (TPSA) is 305 Å². The molecule has 6 amide bonds. The monoisotopic (exact) mass is 763 g/mol. The molecule has 6 atom stereocenters. The Kier molecular flexibility index (Phi) is 20.3. The number of rotatable bonds is 24. The van der Waals surface area contributed by atoms with Crippen LogP contribution in [0.5, 0.6) is 0 Å². The first-order chi connectivity index (χ1) is 25.2. The highest BCUT2D eigenvalue weighted by atomic mass is 16.4. The normalized spacial score (nSPS) is 14.5. The maximum Gasteiger partial charge on any atom is 0.326 e. The molecule has 12 N–H and O–H groups in total. The Hall–Kier alpha value is -5.23. The predicted octanol–water partition coefficient (Wildman–Crippen LogP) is -0.823. The van der Waals surface area contributed by atoms with E-state index in [-0.39, 0.29) is 68.8 Å². The third-order valence-electron chi connectivity index (χ3n) is 8.01. The van der Waals surface area contributed by atoms with Crippen LogP contribution in [0.3, 0.4) is 0 Å². The fourth-order valence-electron chi connectivity index (χ4n) is 5.43. The molecule has 0 aromatic carbocycles. The summed E-state index contributed by atoms with van der Waals surface area (Å²) in [6, 6.07) is -6.70. The Morgan fingerprint density at radius 3 is 1.52 bits per heavy atom. The molecule has 0 aliphatic heterocycles. The van der Waals surface area contributed by atoms with Crippen molar-refractivity contribution in [2.24, 2.45) is 34.2 Å². The summed E-state index contributed by atoms with van der Waals surface area (Å²) in [5.74, 6) is -5.34. The molecule has 1 rings (SSSR count). The zero-order valence-electron chi connectivity index (χ0n) is 32.7. The van der Waals surface area contributed by atoms with Gasteiger partial charge < -0.3 is 53.5 Å². The number of carboxylic acid groups (broad SMARTS) is 1. The van der Waals surface area contributed by atoms with Gasteiger partial charge in [0.15, 0.2) is 5.96 Å². The number of amides is 6. The standard InChI is InChI=1S/C35H61N11O8/c1-18(2)12-25(30(49)41-21(7)29(48)43-24(34(53)54)10-9-11-39-35(36)37)44-31(50)26(13-19(3)4)45-32(51)27(14-20(5)6)46-33(52)28(42-22(8)47)15-23-16-38-17-40-23/h16-21,24-28H,9-15H2,1-8H3,(H,38,40)(H,41,49)(H,42,47)(H,43,48)(H,44,50)(H,45,51)(H,46,52)(H,53,54)(H4,36,37,39)/t21-,24-,25-,26-,27-,28-/m0/s1. The van der Waals surface area contributed by atoms with Crippen molar-refractivity contribution < 1.29 is 38.7 Å². The molecule has 0 bridgehead atoms. The third-order valence-corrected chi connectivity index (χ3v) is 8.01. The highest BCUT2D eigenvalue weighted by Crippen LogP contribution is 2.12. The van der Waals surface area contributed by atoms with E-state index >= 15 is 0 Å². The lowest BCUT2D eigenvalue weighted by Gasteiger charge is -2.28. The van der Waals surface area contributed by atoms with Gasteiger partial charge in [-0.25, -0.2) is 9.78 Å². The molecule has 1 aromatic heterocycles. The van der Waals surface area contributed by atoms with Gasteiger partial charge in [0.25, 0.3) is 0 Å². The Labute approximate surface area is 316 Å². The van der Waals surface area contributed by atoms with E-state index in [4.69, 9.17) is 11.5 Å². The Balaban J connectivity index is 3.13. The first kappa shape index (κ1) is 46.8. The van der Waals surface area contributed by atoms with E-state index in [2.05, 4.69) is 46.9 Å². The molecule has 1 heterocycles. The Morgan fingerprint density at radius 2 is 1.13 bits per heavy atom. The third kappa shape index (κ3) is 18.5. The molecule has 19 heteroatoms. The summed E-state index contributed by atoms with van der Waals surface area (Å²) in [6.07, 6.45) is 3.98. The number of guanidine groups is 1. The molecule has 0 fully saturated rings. The quantitative estimate of drug-likeness (QED) is 0.0352. The van der Waals surface area contributed by atoms with Gasteiger partial charge in [-0.05, 0) is 56.8 Å². The number of nitrogens with one attached hydrogen (secondary N) is 7. The average molecular weight is 764 g/mol. The van der Waals surface area contributed by atoms with Crippen LogP contribution in [0.4, 0.5) is 0 Å². The molecule has 0 radical (unpaired) electrons. The molecule has 19 nitrogen and oxygen atoms in total. The summed E-state index contributed by atoms with van der Waals surface area (Å²) in [5.41, 5.74) is 11.2. The summed E-state index contributed by atoms with van der Waals surface area (Å²) >= 11 is 0. The number of hydrogen-bond acceptors (Lipinski definition) is 9. The minimum absolute atomic E-state index is 0.0380. The smallest absolute Gasteiger partial charge is 0.326 e. The summed E-state index contributed by atoms with van der Waals surface area (Å²) in [4.78, 5) is 102. The summed E-state index contributed by atoms with van der Waals surface area (Å²) in [7, 11) is 0. The summed E-state index contributed by atoms with van der Waals surface area (Å²) < 4.78 is 0. The fraction of sp³-hybridized carbons (Fsp3) is 0.686. The highest BCUT2D eigenvalue weighted by Gasteiger charge is 2.33. The maximum absolute atomic E-state index is 13.8. The van der Waals surface area contributed by atoms with E-state index in [9.17, 15) is 38.7 Å². The number of carbonyl (C=O) groups is 7. The van der Waals surface area contributed by atoms with E-state index in [1.54, 1.807) is 0 Å². The van der Waals surface area contributed by atoms with Crippen LogP contribution in [0.25, 0.3) is 0 Å². The number of aromatic amines is 1. The van der Waals surface area contributed by atoms with Crippen molar-refractivity contribution in [3.8, 4) is 0 Å². The largest absolute Gasteiger partial charge is 0.480 e. The summed E-state index contributed by atoms with van der Waals surface area (Å²) in [5, 5.41) is 25.3. The molecular weight excluding hydrogens is 702 g/mol.